The largest absolute Gasteiger partial charge is 0.496 e. The van der Waals surface area contributed by atoms with Crippen molar-refractivity contribution in [3.05, 3.63) is 78.4 Å². The molecule has 1 heterocycles. The summed E-state index contributed by atoms with van der Waals surface area (Å²) in [7, 11) is 1.74. The van der Waals surface area contributed by atoms with Crippen LogP contribution in [0.1, 0.15) is 23.5 Å². The van der Waals surface area contributed by atoms with Gasteiger partial charge in [-0.15, -0.1) is 19.0 Å². The topological polar surface area (TPSA) is 21.7 Å². The fraction of sp³-hybridized carbons (Fsp3) is 0.364. The Hall–Kier alpha value is -1.81. The SMILES string of the molecule is C=CCOC1CN(Cc2ccccc2)CCC1c1ccccc1OC.Cl. The van der Waals surface area contributed by atoms with E-state index in [9.17, 15) is 0 Å². The minimum atomic E-state index is 0. The van der Waals surface area contributed by atoms with Crippen LogP contribution in [-0.2, 0) is 11.3 Å². The molecular weight excluding hydrogens is 346 g/mol. The van der Waals surface area contributed by atoms with E-state index in [1.807, 2.05) is 18.2 Å². The van der Waals surface area contributed by atoms with Crippen molar-refractivity contribution in [3.63, 3.8) is 0 Å². The van der Waals surface area contributed by atoms with E-state index >= 15 is 0 Å². The van der Waals surface area contributed by atoms with Crippen LogP contribution in [0.25, 0.3) is 0 Å². The van der Waals surface area contributed by atoms with Gasteiger partial charge in [-0.2, -0.15) is 0 Å². The Bertz CT molecular complexity index is 677. The molecule has 0 spiro atoms. The second-order valence-corrected chi connectivity index (χ2v) is 6.52. The van der Waals surface area contributed by atoms with E-state index < -0.39 is 0 Å². The van der Waals surface area contributed by atoms with Gasteiger partial charge in [0.05, 0.1) is 19.8 Å². The predicted molar refractivity (Wildman–Crippen MR) is 109 cm³/mol. The Morgan fingerprint density at radius 3 is 2.58 bits per heavy atom. The molecule has 2 aromatic carbocycles. The van der Waals surface area contributed by atoms with Gasteiger partial charge in [-0.05, 0) is 30.2 Å². The molecule has 0 amide bonds. The van der Waals surface area contributed by atoms with Crippen molar-refractivity contribution in [2.75, 3.05) is 26.8 Å². The third kappa shape index (κ3) is 5.10. The fourth-order valence-corrected chi connectivity index (χ4v) is 3.65. The summed E-state index contributed by atoms with van der Waals surface area (Å²) >= 11 is 0. The Kier molecular flexibility index (Phi) is 8.17. The van der Waals surface area contributed by atoms with Gasteiger partial charge in [-0.1, -0.05) is 54.6 Å². The number of methoxy groups -OCH3 is 1. The molecule has 0 aliphatic carbocycles. The third-order valence-electron chi connectivity index (χ3n) is 4.86. The summed E-state index contributed by atoms with van der Waals surface area (Å²) in [4.78, 5) is 2.48. The maximum absolute atomic E-state index is 6.15. The second-order valence-electron chi connectivity index (χ2n) is 6.52. The van der Waals surface area contributed by atoms with Crippen molar-refractivity contribution < 1.29 is 9.47 Å². The average molecular weight is 374 g/mol. The molecule has 2 unspecified atom stereocenters. The summed E-state index contributed by atoms with van der Waals surface area (Å²) in [5.41, 5.74) is 2.60. The van der Waals surface area contributed by atoms with E-state index in [0.717, 1.165) is 31.8 Å². The van der Waals surface area contributed by atoms with Gasteiger partial charge in [-0.3, -0.25) is 4.90 Å². The van der Waals surface area contributed by atoms with Gasteiger partial charge >= 0.3 is 0 Å². The number of benzene rings is 2. The summed E-state index contributed by atoms with van der Waals surface area (Å²) < 4.78 is 11.7. The zero-order valence-electron chi connectivity index (χ0n) is 15.3. The van der Waals surface area contributed by atoms with Gasteiger partial charge in [0.1, 0.15) is 5.75 Å². The molecule has 0 radical (unpaired) electrons. The van der Waals surface area contributed by atoms with Crippen molar-refractivity contribution in [2.24, 2.45) is 0 Å². The van der Waals surface area contributed by atoms with Crippen LogP contribution in [0.4, 0.5) is 0 Å². The number of hydrogen-bond acceptors (Lipinski definition) is 3. The smallest absolute Gasteiger partial charge is 0.122 e. The molecule has 3 rings (SSSR count). The first-order valence-corrected chi connectivity index (χ1v) is 8.93. The number of piperidine rings is 1. The summed E-state index contributed by atoms with van der Waals surface area (Å²) in [6.45, 7) is 7.33. The molecule has 2 aromatic rings. The van der Waals surface area contributed by atoms with Gasteiger partial charge in [0.25, 0.3) is 0 Å². The monoisotopic (exact) mass is 373 g/mol. The lowest BCUT2D eigenvalue weighted by Crippen LogP contribution is -2.43. The minimum absolute atomic E-state index is 0. The molecule has 0 saturated carbocycles. The quantitative estimate of drug-likeness (QED) is 0.658. The summed E-state index contributed by atoms with van der Waals surface area (Å²) in [5, 5.41) is 0. The van der Waals surface area contributed by atoms with Crippen LogP contribution >= 0.6 is 12.4 Å². The van der Waals surface area contributed by atoms with Gasteiger partial charge < -0.3 is 9.47 Å². The van der Waals surface area contributed by atoms with Gasteiger partial charge in [0.15, 0.2) is 0 Å². The lowest BCUT2D eigenvalue weighted by Gasteiger charge is -2.39. The van der Waals surface area contributed by atoms with Crippen molar-refractivity contribution >= 4 is 12.4 Å². The Morgan fingerprint density at radius 1 is 1.12 bits per heavy atom. The van der Waals surface area contributed by atoms with E-state index in [1.54, 1.807) is 7.11 Å². The molecule has 1 aliphatic heterocycles. The predicted octanol–water partition coefficient (Wildman–Crippen LogP) is 4.68. The highest BCUT2D eigenvalue weighted by atomic mass is 35.5. The van der Waals surface area contributed by atoms with Gasteiger partial charge in [0.2, 0.25) is 0 Å². The first-order chi connectivity index (χ1) is 12.3. The van der Waals surface area contributed by atoms with E-state index in [2.05, 4.69) is 53.9 Å². The third-order valence-corrected chi connectivity index (χ3v) is 4.86. The van der Waals surface area contributed by atoms with Crippen molar-refractivity contribution in [2.45, 2.75) is 25.0 Å². The number of ether oxygens (including phenoxy) is 2. The summed E-state index contributed by atoms with van der Waals surface area (Å²) in [6, 6.07) is 18.9. The first kappa shape index (κ1) is 20.5. The van der Waals surface area contributed by atoms with Gasteiger partial charge in [-0.25, -0.2) is 0 Å². The highest BCUT2D eigenvalue weighted by Crippen LogP contribution is 2.36. The Balaban J connectivity index is 0.00000243. The number of nitrogens with zero attached hydrogens (tertiary/aromatic N) is 1. The van der Waals surface area contributed by atoms with Crippen LogP contribution in [0, 0.1) is 0 Å². The van der Waals surface area contributed by atoms with Crippen LogP contribution in [0.15, 0.2) is 67.3 Å². The lowest BCUT2D eigenvalue weighted by atomic mass is 9.86. The fourth-order valence-electron chi connectivity index (χ4n) is 3.65. The summed E-state index contributed by atoms with van der Waals surface area (Å²) in [6.07, 6.45) is 3.04. The molecular formula is C22H28ClNO2. The van der Waals surface area contributed by atoms with Crippen LogP contribution in [0.3, 0.4) is 0 Å². The Labute approximate surface area is 163 Å². The van der Waals surface area contributed by atoms with Gasteiger partial charge in [0, 0.05) is 19.0 Å². The molecule has 2 atom stereocenters. The van der Waals surface area contributed by atoms with Crippen LogP contribution in [0.5, 0.6) is 5.75 Å². The highest BCUT2D eigenvalue weighted by molar-refractivity contribution is 5.85. The number of likely N-dealkylation sites (tertiary alicyclic amines) is 1. The molecule has 0 N–H and O–H groups in total. The molecule has 0 bridgehead atoms. The van der Waals surface area contributed by atoms with Crippen LogP contribution in [0.2, 0.25) is 0 Å². The van der Waals surface area contributed by atoms with Crippen molar-refractivity contribution in [3.8, 4) is 5.75 Å². The molecule has 3 nitrogen and oxygen atoms in total. The number of rotatable bonds is 7. The highest BCUT2D eigenvalue weighted by Gasteiger charge is 2.32. The van der Waals surface area contributed by atoms with Crippen molar-refractivity contribution in [1.82, 2.24) is 4.90 Å². The second kappa shape index (κ2) is 10.4. The first-order valence-electron chi connectivity index (χ1n) is 8.93. The molecule has 0 aromatic heterocycles. The molecule has 1 aliphatic rings. The van der Waals surface area contributed by atoms with Crippen LogP contribution < -0.4 is 4.74 Å². The van der Waals surface area contributed by atoms with E-state index in [4.69, 9.17) is 9.47 Å². The standard InChI is InChI=1S/C22H27NO2.ClH/c1-3-15-25-22-17-23(16-18-9-5-4-6-10-18)14-13-20(22)19-11-7-8-12-21(19)24-2;/h3-12,20,22H,1,13-17H2,2H3;1H. The Morgan fingerprint density at radius 2 is 1.85 bits per heavy atom. The molecule has 1 saturated heterocycles. The lowest BCUT2D eigenvalue weighted by molar-refractivity contribution is -0.00524. The molecule has 4 heteroatoms. The zero-order valence-corrected chi connectivity index (χ0v) is 16.2. The maximum atomic E-state index is 6.15. The minimum Gasteiger partial charge on any atom is -0.496 e. The molecule has 1 fully saturated rings. The van der Waals surface area contributed by atoms with E-state index in [0.29, 0.717) is 12.5 Å². The number of para-hydroxylation sites is 1. The van der Waals surface area contributed by atoms with E-state index in [-0.39, 0.29) is 18.5 Å². The zero-order chi connectivity index (χ0) is 17.5. The number of hydrogen-bond donors (Lipinski definition) is 0. The van der Waals surface area contributed by atoms with Crippen LogP contribution in [-0.4, -0.2) is 37.8 Å². The maximum Gasteiger partial charge on any atom is 0.122 e. The average Bonchev–Trinajstić information content (AvgIpc) is 2.67. The van der Waals surface area contributed by atoms with Crippen molar-refractivity contribution in [1.29, 1.82) is 0 Å². The number of halogens is 1. The normalized spacial score (nSPS) is 20.2. The summed E-state index contributed by atoms with van der Waals surface area (Å²) in [5.74, 6) is 1.30. The molecule has 140 valence electrons. The van der Waals surface area contributed by atoms with E-state index in [1.165, 1.54) is 11.1 Å². The molecule has 26 heavy (non-hydrogen) atoms.